The van der Waals surface area contributed by atoms with Crippen molar-refractivity contribution in [1.82, 2.24) is 14.9 Å². The normalized spacial score (nSPS) is 25.4. The van der Waals surface area contributed by atoms with E-state index in [2.05, 4.69) is 15.0 Å². The average molecular weight is 476 g/mol. The Morgan fingerprint density at radius 3 is 2.81 bits per heavy atom. The van der Waals surface area contributed by atoms with Crippen molar-refractivity contribution in [3.8, 4) is 11.3 Å². The molecule has 3 fully saturated rings. The number of rotatable bonds is 8. The summed E-state index contributed by atoms with van der Waals surface area (Å²) in [5.74, 6) is -0.503. The molecule has 1 amide bonds. The minimum Gasteiger partial charge on any atom is -0.369 e. The summed E-state index contributed by atoms with van der Waals surface area (Å²) in [6.45, 7) is 0.550. The van der Waals surface area contributed by atoms with Gasteiger partial charge in [-0.25, -0.2) is 9.37 Å². The van der Waals surface area contributed by atoms with E-state index in [0.29, 0.717) is 23.6 Å². The summed E-state index contributed by atoms with van der Waals surface area (Å²) in [7, 11) is 0. The fraction of sp³-hybridized carbons (Fsp3) is 0.524. The number of fused-ring (bicyclic) bond motifs is 1. The van der Waals surface area contributed by atoms with Gasteiger partial charge in [0.1, 0.15) is 12.4 Å². The minimum atomic E-state index is -4.74. The van der Waals surface area contributed by atoms with Gasteiger partial charge >= 0.3 is 6.36 Å². The van der Waals surface area contributed by atoms with Crippen molar-refractivity contribution >= 4 is 17.5 Å². The first-order valence-corrected chi connectivity index (χ1v) is 10.5. The lowest BCUT2D eigenvalue weighted by Crippen LogP contribution is -2.52. The maximum Gasteiger partial charge on any atom is 0.522 e. The topological polar surface area (TPSA) is 65.4 Å². The Bertz CT molecular complexity index is 991. The number of imidazole rings is 1. The molecular formula is C21H22ClF4N3O3. The third kappa shape index (κ3) is 5.07. The number of carbonyl (C=O) groups excluding carboxylic acids is 1. The molecule has 32 heavy (non-hydrogen) atoms. The zero-order valence-electron chi connectivity index (χ0n) is 17.2. The van der Waals surface area contributed by atoms with Crippen LogP contribution in [0.4, 0.5) is 17.6 Å². The predicted molar refractivity (Wildman–Crippen MR) is 107 cm³/mol. The Morgan fingerprint density at radius 2 is 2.12 bits per heavy atom. The summed E-state index contributed by atoms with van der Waals surface area (Å²) in [5, 5.41) is 3.02. The summed E-state index contributed by atoms with van der Waals surface area (Å²) >= 11 is 5.74. The molecule has 0 spiro atoms. The quantitative estimate of drug-likeness (QED) is 0.571. The molecule has 1 aromatic carbocycles. The Morgan fingerprint density at radius 1 is 1.38 bits per heavy atom. The molecule has 2 atom stereocenters. The second-order valence-electron chi connectivity index (χ2n) is 8.49. The van der Waals surface area contributed by atoms with Gasteiger partial charge in [-0.2, -0.15) is 0 Å². The van der Waals surface area contributed by atoms with Crippen molar-refractivity contribution in [2.75, 3.05) is 13.2 Å². The van der Waals surface area contributed by atoms with E-state index in [1.54, 1.807) is 12.4 Å². The van der Waals surface area contributed by atoms with Crippen molar-refractivity contribution in [1.29, 1.82) is 0 Å². The number of nitrogens with zero attached hydrogens (tertiary/aromatic N) is 2. The van der Waals surface area contributed by atoms with Gasteiger partial charge in [-0.3, -0.25) is 9.53 Å². The molecule has 0 saturated heterocycles. The lowest BCUT2D eigenvalue weighted by molar-refractivity contribution is -0.343. The van der Waals surface area contributed by atoms with E-state index in [0.717, 1.165) is 12.8 Å². The van der Waals surface area contributed by atoms with Crippen LogP contribution in [0.15, 0.2) is 30.7 Å². The van der Waals surface area contributed by atoms with Gasteiger partial charge in [0.25, 0.3) is 0 Å². The second kappa shape index (κ2) is 8.64. The fourth-order valence-electron chi connectivity index (χ4n) is 4.69. The highest BCUT2D eigenvalue weighted by Gasteiger charge is 2.57. The number of amides is 1. The molecule has 3 aliphatic carbocycles. The lowest BCUT2D eigenvalue weighted by atomic mass is 9.76. The largest absolute Gasteiger partial charge is 0.522 e. The van der Waals surface area contributed by atoms with E-state index >= 15 is 0 Å². The molecule has 0 aliphatic heterocycles. The van der Waals surface area contributed by atoms with E-state index in [4.69, 9.17) is 16.3 Å². The molecule has 2 aromatic rings. The van der Waals surface area contributed by atoms with Gasteiger partial charge < -0.3 is 14.6 Å². The van der Waals surface area contributed by atoms with Gasteiger partial charge in [-0.1, -0.05) is 17.7 Å². The van der Waals surface area contributed by atoms with Crippen molar-refractivity contribution in [2.45, 2.75) is 50.2 Å². The first kappa shape index (κ1) is 23.0. The zero-order chi connectivity index (χ0) is 23.1. The van der Waals surface area contributed by atoms with Crippen LogP contribution >= 0.6 is 11.6 Å². The number of benzene rings is 1. The van der Waals surface area contributed by atoms with E-state index in [-0.39, 0.29) is 35.7 Å². The maximum absolute atomic E-state index is 13.7. The number of nitrogens with one attached hydrogen (secondary N) is 1. The van der Waals surface area contributed by atoms with Gasteiger partial charge in [0.05, 0.1) is 29.8 Å². The summed E-state index contributed by atoms with van der Waals surface area (Å²) in [6, 6.07) is 4.68. The zero-order valence-corrected chi connectivity index (χ0v) is 17.9. The molecule has 6 nitrogen and oxygen atoms in total. The van der Waals surface area contributed by atoms with Gasteiger partial charge in [0.2, 0.25) is 5.91 Å². The highest BCUT2D eigenvalue weighted by atomic mass is 35.5. The number of ether oxygens (including phenoxy) is 2. The molecule has 1 heterocycles. The lowest BCUT2D eigenvalue weighted by Gasteiger charge is -2.39. The second-order valence-corrected chi connectivity index (χ2v) is 8.90. The summed E-state index contributed by atoms with van der Waals surface area (Å²) < 4.78 is 61.0. The SMILES string of the molecule is C[C@@H](COCC(=O)NC12CC(C1)[C@H](n1cnc(-c3ccc(Cl)c(F)c3)c1)C2)OC(F)(F)F. The number of alkyl halides is 3. The van der Waals surface area contributed by atoms with Crippen LogP contribution in [0.3, 0.4) is 0 Å². The van der Waals surface area contributed by atoms with Crippen molar-refractivity contribution in [3.63, 3.8) is 0 Å². The number of aromatic nitrogens is 2. The molecule has 174 valence electrons. The van der Waals surface area contributed by atoms with E-state index in [1.807, 2.05) is 10.8 Å². The predicted octanol–water partition coefficient (Wildman–Crippen LogP) is 4.49. The van der Waals surface area contributed by atoms with Crippen molar-refractivity contribution in [3.05, 3.63) is 41.6 Å². The Balaban J connectivity index is 1.28. The van der Waals surface area contributed by atoms with Crippen molar-refractivity contribution in [2.24, 2.45) is 5.92 Å². The van der Waals surface area contributed by atoms with Gasteiger partial charge in [0.15, 0.2) is 0 Å². The van der Waals surface area contributed by atoms with E-state index < -0.39 is 18.3 Å². The van der Waals surface area contributed by atoms with Gasteiger partial charge in [0, 0.05) is 23.3 Å². The Labute approximate surface area is 186 Å². The molecule has 0 unspecified atom stereocenters. The number of carbonyl (C=O) groups is 1. The molecule has 11 heteroatoms. The standard InChI is InChI=1S/C21H22ClF4N3O3/c1-12(32-21(24,25)26)9-31-10-19(30)28-20-5-14(6-20)18(7-20)29-8-17(27-11-29)13-2-3-15(22)16(23)4-13/h2-4,8,11-12,14,18H,5-7,9-10H2,1H3,(H,28,30)/t12-,14?,18+,20?/m0/s1. The Kier molecular flexibility index (Phi) is 6.21. The molecular weight excluding hydrogens is 454 g/mol. The summed E-state index contributed by atoms with van der Waals surface area (Å²) in [5.41, 5.74) is 0.909. The minimum absolute atomic E-state index is 0.0498. The van der Waals surface area contributed by atoms with Crippen molar-refractivity contribution < 1.29 is 31.8 Å². The third-order valence-corrected chi connectivity index (χ3v) is 6.28. The first-order chi connectivity index (χ1) is 15.0. The van der Waals surface area contributed by atoms with Crippen LogP contribution in [0, 0.1) is 11.7 Å². The van der Waals surface area contributed by atoms with Crippen LogP contribution in [0.25, 0.3) is 11.3 Å². The van der Waals surface area contributed by atoms with Crippen LogP contribution in [0.5, 0.6) is 0 Å². The van der Waals surface area contributed by atoms with Crippen LogP contribution in [-0.4, -0.2) is 46.7 Å². The van der Waals surface area contributed by atoms with Crippen LogP contribution in [-0.2, 0) is 14.3 Å². The first-order valence-electron chi connectivity index (χ1n) is 10.2. The number of hydrogen-bond acceptors (Lipinski definition) is 4. The third-order valence-electron chi connectivity index (χ3n) is 5.97. The van der Waals surface area contributed by atoms with Crippen LogP contribution in [0.2, 0.25) is 5.02 Å². The maximum atomic E-state index is 13.7. The Hall–Kier alpha value is -2.17. The van der Waals surface area contributed by atoms with E-state index in [1.165, 1.54) is 19.1 Å². The molecule has 1 aromatic heterocycles. The monoisotopic (exact) mass is 475 g/mol. The molecule has 3 saturated carbocycles. The highest BCUT2D eigenvalue weighted by Crippen LogP contribution is 2.57. The van der Waals surface area contributed by atoms with Gasteiger partial charge in [-0.15, -0.1) is 13.2 Å². The molecule has 2 bridgehead atoms. The summed E-state index contributed by atoms with van der Waals surface area (Å²) in [4.78, 5) is 16.6. The molecule has 5 rings (SSSR count). The average Bonchev–Trinajstić information content (AvgIpc) is 3.35. The smallest absolute Gasteiger partial charge is 0.369 e. The number of halogens is 5. The molecule has 0 radical (unpaired) electrons. The fourth-order valence-corrected chi connectivity index (χ4v) is 4.80. The van der Waals surface area contributed by atoms with Crippen LogP contribution < -0.4 is 5.32 Å². The molecule has 1 N–H and O–H groups in total. The molecule has 3 aliphatic rings. The number of hydrogen-bond donors (Lipinski definition) is 1. The highest BCUT2D eigenvalue weighted by molar-refractivity contribution is 6.30. The van der Waals surface area contributed by atoms with E-state index in [9.17, 15) is 22.4 Å². The van der Waals surface area contributed by atoms with Gasteiger partial charge in [-0.05, 0) is 44.2 Å². The summed E-state index contributed by atoms with van der Waals surface area (Å²) in [6.07, 6.45) is -0.0575. The van der Waals surface area contributed by atoms with Crippen LogP contribution in [0.1, 0.15) is 32.2 Å².